The summed E-state index contributed by atoms with van der Waals surface area (Å²) in [6, 6.07) is 5.09. The van der Waals surface area contributed by atoms with E-state index in [4.69, 9.17) is 4.74 Å². The molecular formula is C33H42F3N3O4S. The van der Waals surface area contributed by atoms with Crippen LogP contribution in [0.4, 0.5) is 18.9 Å². The highest BCUT2D eigenvalue weighted by molar-refractivity contribution is 7.15. The third kappa shape index (κ3) is 8.33. The fraction of sp³-hybridized carbons (Fsp3) is 0.606. The van der Waals surface area contributed by atoms with E-state index in [-0.39, 0.29) is 39.4 Å². The summed E-state index contributed by atoms with van der Waals surface area (Å²) < 4.78 is 46.5. The van der Waals surface area contributed by atoms with E-state index in [1.165, 1.54) is 6.07 Å². The lowest BCUT2D eigenvalue weighted by atomic mass is 9.81. The zero-order chi connectivity index (χ0) is 32.2. The average molecular weight is 634 g/mol. The number of carbonyl (C=O) groups is 2. The number of alkyl halides is 3. The molecule has 7 nitrogen and oxygen atoms in total. The molecule has 0 atom stereocenters. The number of aromatic nitrogens is 1. The summed E-state index contributed by atoms with van der Waals surface area (Å²) in [4.78, 5) is 34.7. The average Bonchev–Trinajstić information content (AvgIpc) is 3.37. The molecule has 1 N–H and O–H groups in total. The Kier molecular flexibility index (Phi) is 10.7. The van der Waals surface area contributed by atoms with Gasteiger partial charge in [-0.05, 0) is 103 Å². The number of amides is 1. The maximum Gasteiger partial charge on any atom is 0.404 e. The van der Waals surface area contributed by atoms with Crippen molar-refractivity contribution in [1.29, 1.82) is 0 Å². The zero-order valence-corrected chi connectivity index (χ0v) is 26.9. The topological polar surface area (TPSA) is 83.0 Å². The van der Waals surface area contributed by atoms with Crippen molar-refractivity contribution in [3.63, 3.8) is 0 Å². The van der Waals surface area contributed by atoms with E-state index in [1.807, 2.05) is 26.2 Å². The van der Waals surface area contributed by atoms with Crippen LogP contribution in [0.15, 0.2) is 24.4 Å². The lowest BCUT2D eigenvalue weighted by Crippen LogP contribution is -2.47. The number of thiophene rings is 1. The number of ether oxygens (including phenoxy) is 1. The first kappa shape index (κ1) is 33.8. The molecule has 0 spiro atoms. The van der Waals surface area contributed by atoms with Gasteiger partial charge in [-0.25, -0.2) is 9.78 Å². The smallest absolute Gasteiger partial charge is 0.404 e. The molecule has 2 aliphatic carbocycles. The van der Waals surface area contributed by atoms with Crippen molar-refractivity contribution in [3.05, 3.63) is 39.7 Å². The van der Waals surface area contributed by atoms with Crippen LogP contribution >= 0.6 is 11.3 Å². The van der Waals surface area contributed by atoms with Gasteiger partial charge < -0.3 is 19.6 Å². The molecule has 0 aromatic carbocycles. The highest BCUT2D eigenvalue weighted by Gasteiger charge is 2.46. The molecule has 44 heavy (non-hydrogen) atoms. The van der Waals surface area contributed by atoms with Crippen LogP contribution in [0.2, 0.25) is 0 Å². The van der Waals surface area contributed by atoms with E-state index in [0.717, 1.165) is 63.0 Å². The van der Waals surface area contributed by atoms with E-state index in [0.29, 0.717) is 37.5 Å². The summed E-state index contributed by atoms with van der Waals surface area (Å²) in [5.74, 6) is 4.32. The summed E-state index contributed by atoms with van der Waals surface area (Å²) in [7, 11) is 3.98. The van der Waals surface area contributed by atoms with E-state index in [9.17, 15) is 27.9 Å². The number of pyridine rings is 1. The van der Waals surface area contributed by atoms with Crippen molar-refractivity contribution in [2.75, 3.05) is 19.0 Å². The van der Waals surface area contributed by atoms with Gasteiger partial charge in [-0.2, -0.15) is 13.2 Å². The summed E-state index contributed by atoms with van der Waals surface area (Å²) in [5, 5.41) is 10.1. The number of aromatic carboxylic acids is 1. The number of halogens is 3. The summed E-state index contributed by atoms with van der Waals surface area (Å²) in [6.45, 7) is 4.90. The molecule has 0 unspecified atom stereocenters. The Balaban J connectivity index is 1.60. The van der Waals surface area contributed by atoms with E-state index < -0.39 is 17.6 Å². The fourth-order valence-electron chi connectivity index (χ4n) is 5.83. The summed E-state index contributed by atoms with van der Waals surface area (Å²) in [6.07, 6.45) is 2.85. The molecule has 4 rings (SSSR count). The standard InChI is InChI=1S/C33H42F3N3O4S/c1-21-6-8-23(9-7-21)30(40)39(27-19-26(44-29(27)31(41)42)14-16-32(2,3)33(34,35)36)24-10-12-25(13-11-24)43-28-18-22(15-17-37-28)20-38(4)5/h15,17-19,21,23-25H,6-13,20H2,1-5H3,(H,41,42). The quantitative estimate of drug-likeness (QED) is 0.305. The van der Waals surface area contributed by atoms with Crippen LogP contribution in [-0.2, 0) is 11.3 Å². The second-order valence-electron chi connectivity index (χ2n) is 13.0. The molecule has 2 aromatic heterocycles. The Morgan fingerprint density at radius 1 is 1.07 bits per heavy atom. The molecule has 0 saturated heterocycles. The highest BCUT2D eigenvalue weighted by atomic mass is 32.1. The Morgan fingerprint density at radius 3 is 2.32 bits per heavy atom. The molecule has 2 aromatic rings. The van der Waals surface area contributed by atoms with Gasteiger partial charge in [0.05, 0.1) is 10.6 Å². The van der Waals surface area contributed by atoms with Gasteiger partial charge in [0.1, 0.15) is 16.4 Å². The predicted molar refractivity (Wildman–Crippen MR) is 165 cm³/mol. The third-order valence-electron chi connectivity index (χ3n) is 8.57. The second-order valence-corrected chi connectivity index (χ2v) is 14.0. The van der Waals surface area contributed by atoms with Crippen LogP contribution < -0.4 is 9.64 Å². The number of nitrogens with zero attached hydrogens (tertiary/aromatic N) is 3. The largest absolute Gasteiger partial charge is 0.477 e. The van der Waals surface area contributed by atoms with Gasteiger partial charge in [-0.1, -0.05) is 18.8 Å². The molecule has 0 bridgehead atoms. The van der Waals surface area contributed by atoms with E-state index in [1.54, 1.807) is 11.1 Å². The van der Waals surface area contributed by atoms with Gasteiger partial charge in [0.2, 0.25) is 11.8 Å². The number of rotatable bonds is 8. The van der Waals surface area contributed by atoms with Gasteiger partial charge in [0.15, 0.2) is 0 Å². The normalized spacial score (nSPS) is 22.7. The Bertz CT molecular complexity index is 1380. The minimum Gasteiger partial charge on any atom is -0.477 e. The zero-order valence-electron chi connectivity index (χ0n) is 26.0. The van der Waals surface area contributed by atoms with Crippen LogP contribution in [0.25, 0.3) is 0 Å². The minimum atomic E-state index is -4.54. The molecule has 0 radical (unpaired) electrons. The predicted octanol–water partition coefficient (Wildman–Crippen LogP) is 7.39. The molecule has 2 saturated carbocycles. The van der Waals surface area contributed by atoms with Crippen LogP contribution in [0.1, 0.15) is 92.3 Å². The maximum atomic E-state index is 14.1. The minimum absolute atomic E-state index is 0.0862. The molecule has 2 aliphatic rings. The van der Waals surface area contributed by atoms with Crippen molar-refractivity contribution in [2.24, 2.45) is 17.3 Å². The Labute approximate surface area is 261 Å². The molecule has 240 valence electrons. The molecule has 2 fully saturated rings. The van der Waals surface area contributed by atoms with E-state index in [2.05, 4.69) is 28.6 Å². The molecule has 11 heteroatoms. The number of carboxylic acid groups (broad SMARTS) is 1. The number of carbonyl (C=O) groups excluding carboxylic acids is 1. The first-order valence-electron chi connectivity index (χ1n) is 15.2. The van der Waals surface area contributed by atoms with E-state index >= 15 is 0 Å². The van der Waals surface area contributed by atoms with Crippen LogP contribution in [0, 0.1) is 29.1 Å². The lowest BCUT2D eigenvalue weighted by molar-refractivity contribution is -0.190. The van der Waals surface area contributed by atoms with Gasteiger partial charge in [0, 0.05) is 30.8 Å². The number of hydrogen-bond acceptors (Lipinski definition) is 6. The fourth-order valence-corrected chi connectivity index (χ4v) is 6.68. The number of hydrogen-bond donors (Lipinski definition) is 1. The first-order valence-corrected chi connectivity index (χ1v) is 16.0. The molecule has 0 aliphatic heterocycles. The van der Waals surface area contributed by atoms with Crippen molar-refractivity contribution < 1.29 is 32.6 Å². The monoisotopic (exact) mass is 633 g/mol. The van der Waals surface area contributed by atoms with Crippen LogP contribution in [-0.4, -0.2) is 59.3 Å². The highest BCUT2D eigenvalue weighted by Crippen LogP contribution is 2.40. The molecule has 1 amide bonds. The van der Waals surface area contributed by atoms with Crippen molar-refractivity contribution >= 4 is 28.9 Å². The second kappa shape index (κ2) is 13.9. The molecular weight excluding hydrogens is 591 g/mol. The van der Waals surface area contributed by atoms with Gasteiger partial charge >= 0.3 is 12.1 Å². The number of anilines is 1. The van der Waals surface area contributed by atoms with Gasteiger partial charge in [0.25, 0.3) is 0 Å². The Morgan fingerprint density at radius 2 is 1.73 bits per heavy atom. The Hall–Kier alpha value is -3.10. The van der Waals surface area contributed by atoms with Crippen molar-refractivity contribution in [3.8, 4) is 17.7 Å². The van der Waals surface area contributed by atoms with Crippen LogP contribution in [0.3, 0.4) is 0 Å². The first-order chi connectivity index (χ1) is 20.6. The number of carboxylic acids is 1. The lowest BCUT2D eigenvalue weighted by Gasteiger charge is -2.39. The maximum absolute atomic E-state index is 14.1. The third-order valence-corrected chi connectivity index (χ3v) is 9.60. The molecule has 2 heterocycles. The van der Waals surface area contributed by atoms with Gasteiger partial charge in [-0.15, -0.1) is 11.3 Å². The summed E-state index contributed by atoms with van der Waals surface area (Å²) >= 11 is 0.813. The van der Waals surface area contributed by atoms with Crippen molar-refractivity contribution in [1.82, 2.24) is 9.88 Å². The van der Waals surface area contributed by atoms with Crippen LogP contribution in [0.5, 0.6) is 5.88 Å². The summed E-state index contributed by atoms with van der Waals surface area (Å²) in [5.41, 5.74) is -0.959. The SMILES string of the molecule is CC1CCC(C(=O)N(c2cc(C#CC(C)(C)C(F)(F)F)sc2C(=O)O)C2CCC(Oc3cc(CN(C)C)ccn3)CC2)CC1. The van der Waals surface area contributed by atoms with Gasteiger partial charge in [-0.3, -0.25) is 4.79 Å². The van der Waals surface area contributed by atoms with Crippen molar-refractivity contribution in [2.45, 2.75) is 97.0 Å².